The standard InChI is InChI=1S/C10H12FN.C3H7Cl/c1-7(2)9(6-12)5-10(11)8(3)4;1-3(2)4/h5H,3H2,1-2,4H3;3H,1-2H3/b10-5+;. The molecule has 1 nitrogen and oxygen atoms in total. The SMILES string of the molecule is C=C(C)/C(F)=C\C(C#N)=C(C)C.CC(C)Cl. The highest BCUT2D eigenvalue weighted by atomic mass is 35.5. The Morgan fingerprint density at radius 2 is 1.75 bits per heavy atom. The van der Waals surface area contributed by atoms with Crippen molar-refractivity contribution in [1.82, 2.24) is 0 Å². The summed E-state index contributed by atoms with van der Waals surface area (Å²) in [5, 5.41) is 8.88. The van der Waals surface area contributed by atoms with Gasteiger partial charge >= 0.3 is 0 Å². The molecule has 0 aromatic rings. The fourth-order valence-electron chi connectivity index (χ4n) is 0.538. The number of alkyl halides is 1. The summed E-state index contributed by atoms with van der Waals surface area (Å²) in [6.45, 7) is 12.4. The zero-order valence-corrected chi connectivity index (χ0v) is 11.3. The van der Waals surface area contributed by atoms with E-state index in [1.54, 1.807) is 20.8 Å². The summed E-state index contributed by atoms with van der Waals surface area (Å²) in [5.74, 6) is -0.437. The second kappa shape index (κ2) is 9.18. The maximum absolute atomic E-state index is 12.9. The van der Waals surface area contributed by atoms with Crippen LogP contribution < -0.4 is 0 Å². The lowest BCUT2D eigenvalue weighted by Crippen LogP contribution is -1.81. The number of rotatable bonds is 2. The first-order chi connectivity index (χ1) is 7.22. The van der Waals surface area contributed by atoms with E-state index in [1.807, 2.05) is 19.9 Å². The molecule has 0 rings (SSSR count). The first kappa shape index (κ1) is 17.3. The van der Waals surface area contributed by atoms with E-state index in [4.69, 9.17) is 16.9 Å². The fourth-order valence-corrected chi connectivity index (χ4v) is 0.538. The topological polar surface area (TPSA) is 23.8 Å². The second-order valence-electron chi connectivity index (χ2n) is 3.81. The van der Waals surface area contributed by atoms with Crippen LogP contribution in [0.1, 0.15) is 34.6 Å². The Balaban J connectivity index is 0. The minimum Gasteiger partial charge on any atom is -0.207 e. The van der Waals surface area contributed by atoms with Gasteiger partial charge in [0.15, 0.2) is 0 Å². The molecule has 0 aliphatic carbocycles. The Labute approximate surface area is 103 Å². The van der Waals surface area contributed by atoms with Gasteiger partial charge in [-0.05, 0) is 46.3 Å². The lowest BCUT2D eigenvalue weighted by molar-refractivity contribution is 0.652. The van der Waals surface area contributed by atoms with Crippen LogP contribution in [0.15, 0.2) is 35.2 Å². The molecular formula is C13H19ClFN. The molecule has 0 amide bonds. The maximum atomic E-state index is 12.9. The van der Waals surface area contributed by atoms with Crippen LogP contribution in [-0.4, -0.2) is 5.38 Å². The van der Waals surface area contributed by atoms with E-state index >= 15 is 0 Å². The summed E-state index contributed by atoms with van der Waals surface area (Å²) in [4.78, 5) is 0. The van der Waals surface area contributed by atoms with Crippen LogP contribution in [0.25, 0.3) is 0 Å². The van der Waals surface area contributed by atoms with Gasteiger partial charge in [-0.1, -0.05) is 12.2 Å². The quantitative estimate of drug-likeness (QED) is 0.384. The zero-order valence-electron chi connectivity index (χ0n) is 10.6. The first-order valence-electron chi connectivity index (χ1n) is 4.97. The Hall–Kier alpha value is -1.07. The van der Waals surface area contributed by atoms with Gasteiger partial charge in [0, 0.05) is 5.38 Å². The molecule has 0 spiro atoms. The third kappa shape index (κ3) is 11.0. The van der Waals surface area contributed by atoms with E-state index in [2.05, 4.69) is 6.58 Å². The number of nitrogens with zero attached hydrogens (tertiary/aromatic N) is 1. The van der Waals surface area contributed by atoms with Crippen LogP contribution in [0.3, 0.4) is 0 Å². The van der Waals surface area contributed by atoms with Crippen LogP contribution in [0.4, 0.5) is 4.39 Å². The Morgan fingerprint density at radius 1 is 1.38 bits per heavy atom. The number of allylic oxidation sites excluding steroid dienone is 5. The Kier molecular flexibility index (Phi) is 9.94. The van der Waals surface area contributed by atoms with Crippen molar-refractivity contribution in [2.45, 2.75) is 40.0 Å². The van der Waals surface area contributed by atoms with Gasteiger partial charge < -0.3 is 0 Å². The van der Waals surface area contributed by atoms with Gasteiger partial charge in [-0.2, -0.15) is 5.26 Å². The van der Waals surface area contributed by atoms with Crippen LogP contribution in [-0.2, 0) is 0 Å². The van der Waals surface area contributed by atoms with Crippen LogP contribution in [0.5, 0.6) is 0 Å². The molecular weight excluding hydrogens is 225 g/mol. The molecule has 0 atom stereocenters. The summed E-state index contributed by atoms with van der Waals surface area (Å²) in [5.41, 5.74) is 1.49. The molecule has 0 heterocycles. The number of hydrogen-bond acceptors (Lipinski definition) is 1. The van der Waals surface area contributed by atoms with Crippen molar-refractivity contribution in [2.24, 2.45) is 0 Å². The summed E-state index contributed by atoms with van der Waals surface area (Å²) >= 11 is 5.27. The molecule has 0 fully saturated rings. The average Bonchev–Trinajstić information content (AvgIpc) is 2.11. The van der Waals surface area contributed by atoms with E-state index in [-0.39, 0.29) is 0 Å². The molecule has 16 heavy (non-hydrogen) atoms. The van der Waals surface area contributed by atoms with Crippen molar-refractivity contribution in [2.75, 3.05) is 0 Å². The smallest absolute Gasteiger partial charge is 0.126 e. The van der Waals surface area contributed by atoms with E-state index in [0.717, 1.165) is 5.57 Å². The Morgan fingerprint density at radius 3 is 1.94 bits per heavy atom. The van der Waals surface area contributed by atoms with Crippen molar-refractivity contribution in [3.63, 3.8) is 0 Å². The highest BCUT2D eigenvalue weighted by Crippen LogP contribution is 2.13. The molecule has 0 saturated heterocycles. The Bertz CT molecular complexity index is 326. The predicted octanol–water partition coefficient (Wildman–Crippen LogP) is 4.91. The number of nitriles is 1. The van der Waals surface area contributed by atoms with E-state index in [1.165, 1.54) is 6.08 Å². The van der Waals surface area contributed by atoms with Gasteiger partial charge in [0.2, 0.25) is 0 Å². The molecule has 0 aromatic heterocycles. The van der Waals surface area contributed by atoms with Crippen molar-refractivity contribution in [1.29, 1.82) is 5.26 Å². The van der Waals surface area contributed by atoms with Gasteiger partial charge in [0.05, 0.1) is 11.6 Å². The average molecular weight is 244 g/mol. The van der Waals surface area contributed by atoms with Gasteiger partial charge in [-0.15, -0.1) is 11.6 Å². The summed E-state index contributed by atoms with van der Waals surface area (Å²) in [6.07, 6.45) is 1.21. The fraction of sp³-hybridized carbons (Fsp3) is 0.462. The van der Waals surface area contributed by atoms with Crippen molar-refractivity contribution < 1.29 is 4.39 Å². The molecule has 3 heteroatoms. The lowest BCUT2D eigenvalue weighted by Gasteiger charge is -1.95. The molecule has 0 aliphatic rings. The van der Waals surface area contributed by atoms with Gasteiger partial charge in [0.25, 0.3) is 0 Å². The third-order valence-electron chi connectivity index (χ3n) is 1.34. The number of halogens is 2. The third-order valence-corrected chi connectivity index (χ3v) is 1.34. The highest BCUT2D eigenvalue weighted by Gasteiger charge is 1.98. The molecule has 0 saturated carbocycles. The van der Waals surface area contributed by atoms with Crippen molar-refractivity contribution >= 4 is 11.6 Å². The van der Waals surface area contributed by atoms with Crippen molar-refractivity contribution in [3.8, 4) is 6.07 Å². The summed E-state index contributed by atoms with van der Waals surface area (Å²) < 4.78 is 12.9. The highest BCUT2D eigenvalue weighted by molar-refractivity contribution is 6.20. The molecule has 0 aliphatic heterocycles. The first-order valence-corrected chi connectivity index (χ1v) is 5.40. The second-order valence-corrected chi connectivity index (χ2v) is 4.68. The predicted molar refractivity (Wildman–Crippen MR) is 69.0 cm³/mol. The molecule has 90 valence electrons. The molecule has 0 unspecified atom stereocenters. The van der Waals surface area contributed by atoms with Gasteiger partial charge in [-0.3, -0.25) is 0 Å². The number of hydrogen-bond donors (Lipinski definition) is 0. The molecule has 0 bridgehead atoms. The summed E-state index contributed by atoms with van der Waals surface area (Å²) in [6, 6.07) is 1.91. The molecule has 0 aromatic carbocycles. The van der Waals surface area contributed by atoms with Crippen molar-refractivity contribution in [3.05, 3.63) is 35.2 Å². The normalized spacial score (nSPS) is 10.1. The van der Waals surface area contributed by atoms with Gasteiger partial charge in [-0.25, -0.2) is 4.39 Å². The summed E-state index contributed by atoms with van der Waals surface area (Å²) in [7, 11) is 0. The minimum absolute atomic E-state index is 0.306. The van der Waals surface area contributed by atoms with Gasteiger partial charge in [0.1, 0.15) is 5.83 Å². The van der Waals surface area contributed by atoms with Crippen LogP contribution in [0.2, 0.25) is 0 Å². The lowest BCUT2D eigenvalue weighted by atomic mass is 10.1. The largest absolute Gasteiger partial charge is 0.207 e. The van der Waals surface area contributed by atoms with Crippen LogP contribution in [0, 0.1) is 11.3 Å². The minimum atomic E-state index is -0.437. The molecule has 0 radical (unpaired) electrons. The van der Waals surface area contributed by atoms with E-state index in [9.17, 15) is 4.39 Å². The van der Waals surface area contributed by atoms with E-state index < -0.39 is 5.83 Å². The monoisotopic (exact) mass is 243 g/mol. The molecule has 0 N–H and O–H groups in total. The van der Waals surface area contributed by atoms with Crippen LogP contribution >= 0.6 is 11.6 Å². The zero-order chi connectivity index (χ0) is 13.3. The van der Waals surface area contributed by atoms with E-state index in [0.29, 0.717) is 16.5 Å². The maximum Gasteiger partial charge on any atom is 0.126 e.